The predicted octanol–water partition coefficient (Wildman–Crippen LogP) is 1.51. The highest BCUT2D eigenvalue weighted by atomic mass is 32.2. The minimum absolute atomic E-state index is 0.0106. The third-order valence-corrected chi connectivity index (χ3v) is 5.37. The Morgan fingerprint density at radius 1 is 1.47 bits per heavy atom. The molecule has 1 fully saturated rings. The minimum atomic E-state index is 0.0106. The van der Waals surface area contributed by atoms with Crippen LogP contribution in [0.25, 0.3) is 0 Å². The van der Waals surface area contributed by atoms with Gasteiger partial charge < -0.3 is 11.5 Å². The van der Waals surface area contributed by atoms with E-state index in [0.29, 0.717) is 5.25 Å². The van der Waals surface area contributed by atoms with E-state index in [-0.39, 0.29) is 6.04 Å². The van der Waals surface area contributed by atoms with Gasteiger partial charge in [0.2, 0.25) is 0 Å². The Hall–Kier alpha value is -0.390. The Kier molecular flexibility index (Phi) is 3.77. The van der Waals surface area contributed by atoms with Crippen LogP contribution in [0.3, 0.4) is 0 Å². The van der Waals surface area contributed by atoms with E-state index in [9.17, 15) is 0 Å². The Morgan fingerprint density at radius 3 is 3.00 bits per heavy atom. The van der Waals surface area contributed by atoms with Gasteiger partial charge in [-0.05, 0) is 6.07 Å². The van der Waals surface area contributed by atoms with Crippen LogP contribution in [0.4, 0.5) is 5.69 Å². The van der Waals surface area contributed by atoms with E-state index in [4.69, 9.17) is 11.5 Å². The van der Waals surface area contributed by atoms with Gasteiger partial charge in [-0.15, -0.1) is 0 Å². The molecule has 0 spiro atoms. The molecule has 0 aromatic carbocycles. The monoisotopic (exact) mass is 241 g/mol. The fourth-order valence-corrected chi connectivity index (χ4v) is 4.40. The molecular weight excluding hydrogens is 226 g/mol. The zero-order valence-corrected chi connectivity index (χ0v) is 10.1. The normalized spacial score (nSPS) is 23.7. The maximum Gasteiger partial charge on any atom is 0.0459 e. The Bertz CT molecular complexity index is 326. The number of anilines is 1. The number of rotatable bonds is 2. The smallest absolute Gasteiger partial charge is 0.0459 e. The summed E-state index contributed by atoms with van der Waals surface area (Å²) in [7, 11) is 0. The summed E-state index contributed by atoms with van der Waals surface area (Å²) in [5.41, 5.74) is 13.9. The van der Waals surface area contributed by atoms with Crippen molar-refractivity contribution in [2.45, 2.75) is 11.3 Å². The number of nitrogen functional groups attached to an aromatic ring is 1. The molecule has 1 aliphatic rings. The van der Waals surface area contributed by atoms with Crippen LogP contribution in [0.1, 0.15) is 11.6 Å². The lowest BCUT2D eigenvalue weighted by Gasteiger charge is -2.27. The summed E-state index contributed by atoms with van der Waals surface area (Å²) in [4.78, 5) is 4.09. The number of aromatic nitrogens is 1. The molecule has 0 aliphatic carbocycles. The second kappa shape index (κ2) is 5.09. The van der Waals surface area contributed by atoms with Gasteiger partial charge in [0.05, 0.1) is 0 Å². The fraction of sp³-hybridized carbons (Fsp3) is 0.500. The molecule has 2 rings (SSSR count). The summed E-state index contributed by atoms with van der Waals surface area (Å²) in [6.07, 6.45) is 3.49. The number of thioether (sulfide) groups is 2. The number of pyridine rings is 1. The van der Waals surface area contributed by atoms with Gasteiger partial charge in [-0.1, -0.05) is 0 Å². The van der Waals surface area contributed by atoms with E-state index in [1.54, 1.807) is 12.4 Å². The Balaban J connectivity index is 2.12. The molecule has 0 amide bonds. The van der Waals surface area contributed by atoms with Crippen molar-refractivity contribution in [3.63, 3.8) is 0 Å². The Morgan fingerprint density at radius 2 is 2.33 bits per heavy atom. The van der Waals surface area contributed by atoms with Gasteiger partial charge in [0.25, 0.3) is 0 Å². The highest BCUT2D eigenvalue weighted by Crippen LogP contribution is 2.33. The summed E-state index contributed by atoms with van der Waals surface area (Å²) in [5.74, 6) is 3.53. The SMILES string of the molecule is Nc1ccncc1C(N)C1CSCCS1. The zero-order valence-electron chi connectivity index (χ0n) is 8.43. The van der Waals surface area contributed by atoms with E-state index in [1.807, 2.05) is 29.6 Å². The maximum atomic E-state index is 6.22. The third kappa shape index (κ3) is 2.59. The van der Waals surface area contributed by atoms with Crippen molar-refractivity contribution in [1.29, 1.82) is 0 Å². The first-order valence-corrected chi connectivity index (χ1v) is 7.13. The molecule has 0 radical (unpaired) electrons. The van der Waals surface area contributed by atoms with Gasteiger partial charge in [-0.25, -0.2) is 0 Å². The molecule has 0 saturated carbocycles. The van der Waals surface area contributed by atoms with E-state index in [2.05, 4.69) is 4.98 Å². The molecule has 2 atom stereocenters. The van der Waals surface area contributed by atoms with Crippen LogP contribution in [0.2, 0.25) is 0 Å². The summed E-state index contributed by atoms with van der Waals surface area (Å²) < 4.78 is 0. The van der Waals surface area contributed by atoms with Crippen LogP contribution in [-0.4, -0.2) is 27.5 Å². The second-order valence-corrected chi connectivity index (χ2v) is 6.01. The van der Waals surface area contributed by atoms with E-state index >= 15 is 0 Å². The molecule has 2 unspecified atom stereocenters. The van der Waals surface area contributed by atoms with Crippen molar-refractivity contribution in [3.8, 4) is 0 Å². The van der Waals surface area contributed by atoms with Crippen molar-refractivity contribution < 1.29 is 0 Å². The molecule has 3 nitrogen and oxygen atoms in total. The average Bonchev–Trinajstić information content (AvgIpc) is 2.30. The molecule has 15 heavy (non-hydrogen) atoms. The largest absolute Gasteiger partial charge is 0.398 e. The third-order valence-electron chi connectivity index (χ3n) is 2.49. The number of nitrogens with zero attached hydrogens (tertiary/aromatic N) is 1. The molecule has 1 aliphatic heterocycles. The molecule has 0 bridgehead atoms. The van der Waals surface area contributed by atoms with E-state index < -0.39 is 0 Å². The first-order chi connectivity index (χ1) is 7.29. The van der Waals surface area contributed by atoms with Crippen molar-refractivity contribution in [3.05, 3.63) is 24.0 Å². The summed E-state index contributed by atoms with van der Waals surface area (Å²) >= 11 is 3.92. The quantitative estimate of drug-likeness (QED) is 0.821. The standard InChI is InChI=1S/C10H15N3S2/c11-8-1-2-13-5-7(8)10(12)9-6-14-3-4-15-9/h1-2,5,9-10H,3-4,6,12H2,(H2,11,13). The van der Waals surface area contributed by atoms with Crippen molar-refractivity contribution in [2.24, 2.45) is 5.73 Å². The van der Waals surface area contributed by atoms with Crippen molar-refractivity contribution in [2.75, 3.05) is 23.0 Å². The highest BCUT2D eigenvalue weighted by molar-refractivity contribution is 8.06. The predicted molar refractivity (Wildman–Crippen MR) is 69.1 cm³/mol. The van der Waals surface area contributed by atoms with Crippen LogP contribution in [-0.2, 0) is 0 Å². The molecule has 2 heterocycles. The summed E-state index contributed by atoms with van der Waals surface area (Å²) in [5, 5.41) is 0.468. The first-order valence-electron chi connectivity index (χ1n) is 4.93. The maximum absolute atomic E-state index is 6.22. The first kappa shape index (κ1) is 11.1. The van der Waals surface area contributed by atoms with Crippen LogP contribution in [0.5, 0.6) is 0 Å². The molecule has 1 saturated heterocycles. The van der Waals surface area contributed by atoms with Gasteiger partial charge in [0.15, 0.2) is 0 Å². The highest BCUT2D eigenvalue weighted by Gasteiger charge is 2.24. The topological polar surface area (TPSA) is 64.9 Å². The average molecular weight is 241 g/mol. The molecule has 1 aromatic rings. The lowest BCUT2D eigenvalue weighted by molar-refractivity contribution is 0.718. The number of nitrogens with two attached hydrogens (primary N) is 2. The van der Waals surface area contributed by atoms with Crippen LogP contribution in [0.15, 0.2) is 18.5 Å². The number of hydrogen-bond donors (Lipinski definition) is 2. The fourth-order valence-electron chi connectivity index (χ4n) is 1.61. The van der Waals surface area contributed by atoms with Crippen molar-refractivity contribution in [1.82, 2.24) is 4.98 Å². The number of hydrogen-bond acceptors (Lipinski definition) is 5. The van der Waals surface area contributed by atoms with E-state index in [1.165, 1.54) is 11.5 Å². The molecule has 5 heteroatoms. The van der Waals surface area contributed by atoms with Gasteiger partial charge in [-0.2, -0.15) is 23.5 Å². The molecule has 1 aromatic heterocycles. The van der Waals surface area contributed by atoms with Crippen LogP contribution in [0, 0.1) is 0 Å². The summed E-state index contributed by atoms with van der Waals surface area (Å²) in [6.45, 7) is 0. The minimum Gasteiger partial charge on any atom is -0.398 e. The lowest BCUT2D eigenvalue weighted by Crippen LogP contribution is -2.29. The van der Waals surface area contributed by atoms with Gasteiger partial charge >= 0.3 is 0 Å². The van der Waals surface area contributed by atoms with Crippen LogP contribution >= 0.6 is 23.5 Å². The molecule has 4 N–H and O–H groups in total. The van der Waals surface area contributed by atoms with Crippen molar-refractivity contribution >= 4 is 29.2 Å². The van der Waals surface area contributed by atoms with E-state index in [0.717, 1.165) is 17.0 Å². The molecule has 82 valence electrons. The Labute approximate surface area is 98.4 Å². The van der Waals surface area contributed by atoms with Crippen LogP contribution < -0.4 is 11.5 Å². The molecular formula is C10H15N3S2. The lowest BCUT2D eigenvalue weighted by atomic mass is 10.1. The van der Waals surface area contributed by atoms with Gasteiger partial charge in [0, 0.05) is 52.2 Å². The van der Waals surface area contributed by atoms with Gasteiger partial charge in [-0.3, -0.25) is 4.98 Å². The van der Waals surface area contributed by atoms with Gasteiger partial charge in [0.1, 0.15) is 0 Å². The second-order valence-electron chi connectivity index (χ2n) is 3.51. The zero-order chi connectivity index (χ0) is 10.7. The summed E-state index contributed by atoms with van der Waals surface area (Å²) in [6, 6.07) is 1.83.